The minimum Gasteiger partial charge on any atom is -0.460 e. The quantitative estimate of drug-likeness (QED) is 0.809. The molecule has 0 radical (unpaired) electrons. The molecule has 0 atom stereocenters. The number of carbonyl (C=O) groups excluding carboxylic acids is 1. The largest absolute Gasteiger partial charge is 0.460 e. The van der Waals surface area contributed by atoms with Gasteiger partial charge in [0.05, 0.1) is 22.2 Å². The van der Waals surface area contributed by atoms with E-state index in [0.717, 1.165) is 0 Å². The van der Waals surface area contributed by atoms with Gasteiger partial charge in [-0.05, 0) is 32.9 Å². The van der Waals surface area contributed by atoms with Crippen LogP contribution in [0, 0.1) is 0 Å². The molecule has 0 aliphatic rings. The molecule has 0 spiro atoms. The lowest BCUT2D eigenvalue weighted by molar-refractivity contribution is -0.154. The van der Waals surface area contributed by atoms with Crippen molar-refractivity contribution in [3.05, 3.63) is 27.2 Å². The van der Waals surface area contributed by atoms with Gasteiger partial charge in [-0.25, -0.2) is 0 Å². The number of hydrogen-bond donors (Lipinski definition) is 1. The number of halogens is 3. The summed E-state index contributed by atoms with van der Waals surface area (Å²) in [5, 5.41) is 4.30. The summed E-state index contributed by atoms with van der Waals surface area (Å²) in [6.07, 6.45) is 0.229. The normalized spacial score (nSPS) is 11.3. The summed E-state index contributed by atoms with van der Waals surface area (Å²) < 4.78 is 5.19. The third-order valence-corrected chi connectivity index (χ3v) is 2.87. The van der Waals surface area contributed by atoms with Gasteiger partial charge in [-0.1, -0.05) is 34.8 Å². The molecule has 0 aliphatic heterocycles. The van der Waals surface area contributed by atoms with Crippen molar-refractivity contribution >= 4 is 46.5 Å². The molecule has 1 N–H and O–H groups in total. The molecule has 0 fully saturated rings. The summed E-state index contributed by atoms with van der Waals surface area (Å²) in [4.78, 5) is 11.5. The number of benzene rings is 1. The number of anilines is 1. The molecule has 0 unspecified atom stereocenters. The summed E-state index contributed by atoms with van der Waals surface area (Å²) >= 11 is 17.8. The van der Waals surface area contributed by atoms with Crippen LogP contribution in [0.1, 0.15) is 27.2 Å². The summed E-state index contributed by atoms with van der Waals surface area (Å²) in [5.41, 5.74) is 0.0865. The van der Waals surface area contributed by atoms with E-state index in [1.54, 1.807) is 12.1 Å². The molecule has 0 aromatic heterocycles. The van der Waals surface area contributed by atoms with Crippen LogP contribution in [-0.2, 0) is 9.53 Å². The summed E-state index contributed by atoms with van der Waals surface area (Å²) in [5.74, 6) is -0.277. The Morgan fingerprint density at radius 3 is 2.21 bits per heavy atom. The van der Waals surface area contributed by atoms with Crippen LogP contribution in [-0.4, -0.2) is 18.1 Å². The van der Waals surface area contributed by atoms with Crippen molar-refractivity contribution in [1.29, 1.82) is 0 Å². The second kappa shape index (κ2) is 6.69. The van der Waals surface area contributed by atoms with Crippen molar-refractivity contribution in [2.45, 2.75) is 32.8 Å². The first-order valence-corrected chi connectivity index (χ1v) is 6.93. The van der Waals surface area contributed by atoms with E-state index in [-0.39, 0.29) is 12.4 Å². The molecule has 1 aromatic carbocycles. The highest BCUT2D eigenvalue weighted by molar-refractivity contribution is 6.41. The number of ether oxygens (including phenoxy) is 1. The van der Waals surface area contributed by atoms with Crippen LogP contribution < -0.4 is 5.32 Å². The number of nitrogens with one attached hydrogen (secondary N) is 1. The predicted molar refractivity (Wildman–Crippen MR) is 80.4 cm³/mol. The maximum Gasteiger partial charge on any atom is 0.308 e. The fraction of sp³-hybridized carbons (Fsp3) is 0.462. The Balaban J connectivity index is 2.52. The number of esters is 1. The predicted octanol–water partition coefficient (Wildman–Crippen LogP) is 4.79. The van der Waals surface area contributed by atoms with Gasteiger partial charge in [0, 0.05) is 11.6 Å². The van der Waals surface area contributed by atoms with Crippen molar-refractivity contribution < 1.29 is 9.53 Å². The summed E-state index contributed by atoms with van der Waals surface area (Å²) in [6.45, 7) is 5.86. The molecular formula is C13H16Cl3NO2. The zero-order valence-corrected chi connectivity index (χ0v) is 13.3. The van der Waals surface area contributed by atoms with Crippen molar-refractivity contribution in [3.63, 3.8) is 0 Å². The fourth-order valence-electron chi connectivity index (χ4n) is 1.39. The monoisotopic (exact) mass is 323 g/mol. The molecule has 6 heteroatoms. The van der Waals surface area contributed by atoms with Gasteiger partial charge in [-0.2, -0.15) is 0 Å². The molecule has 1 rings (SSSR count). The first-order valence-electron chi connectivity index (χ1n) is 5.79. The Kier molecular flexibility index (Phi) is 5.78. The maximum absolute atomic E-state index is 11.5. The Morgan fingerprint density at radius 2 is 1.74 bits per heavy atom. The van der Waals surface area contributed by atoms with Crippen LogP contribution in [0.5, 0.6) is 0 Å². The zero-order valence-electron chi connectivity index (χ0n) is 11.0. The van der Waals surface area contributed by atoms with Gasteiger partial charge in [0.25, 0.3) is 0 Å². The smallest absolute Gasteiger partial charge is 0.308 e. The second-order valence-corrected chi connectivity index (χ2v) is 6.26. The molecule has 0 heterocycles. The maximum atomic E-state index is 11.5. The minimum absolute atomic E-state index is 0.229. The van der Waals surface area contributed by atoms with Gasteiger partial charge in [0.15, 0.2) is 0 Å². The molecule has 0 saturated heterocycles. The Morgan fingerprint density at radius 1 is 1.21 bits per heavy atom. The van der Waals surface area contributed by atoms with Crippen LogP contribution in [0.4, 0.5) is 5.69 Å². The summed E-state index contributed by atoms with van der Waals surface area (Å²) in [6, 6.07) is 3.18. The molecule has 0 bridgehead atoms. The standard InChI is InChI=1S/C13H16Cl3NO2/c1-13(2,3)19-11(18)4-5-17-12-9(15)6-8(14)7-10(12)16/h6-7,17H,4-5H2,1-3H3. The van der Waals surface area contributed by atoms with E-state index in [0.29, 0.717) is 27.3 Å². The minimum atomic E-state index is -0.480. The fourth-order valence-corrected chi connectivity index (χ4v) is 2.34. The number of carbonyl (C=O) groups is 1. The average Bonchev–Trinajstić information content (AvgIpc) is 2.19. The van der Waals surface area contributed by atoms with E-state index in [4.69, 9.17) is 39.5 Å². The Labute approximate surface area is 128 Å². The number of hydrogen-bond acceptors (Lipinski definition) is 3. The molecule has 3 nitrogen and oxygen atoms in total. The zero-order chi connectivity index (χ0) is 14.6. The Hall–Kier alpha value is -0.640. The van der Waals surface area contributed by atoms with E-state index in [2.05, 4.69) is 5.32 Å². The van der Waals surface area contributed by atoms with Crippen LogP contribution in [0.3, 0.4) is 0 Å². The van der Waals surface area contributed by atoms with Crippen LogP contribution >= 0.6 is 34.8 Å². The van der Waals surface area contributed by atoms with Gasteiger partial charge >= 0.3 is 5.97 Å². The van der Waals surface area contributed by atoms with E-state index < -0.39 is 5.60 Å². The van der Waals surface area contributed by atoms with Crippen LogP contribution in [0.25, 0.3) is 0 Å². The molecule has 1 aromatic rings. The van der Waals surface area contributed by atoms with Crippen molar-refractivity contribution in [1.82, 2.24) is 0 Å². The highest BCUT2D eigenvalue weighted by Crippen LogP contribution is 2.33. The van der Waals surface area contributed by atoms with Gasteiger partial charge in [0.1, 0.15) is 5.60 Å². The van der Waals surface area contributed by atoms with E-state index in [9.17, 15) is 4.79 Å². The molecular weight excluding hydrogens is 309 g/mol. The van der Waals surface area contributed by atoms with Crippen LogP contribution in [0.2, 0.25) is 15.1 Å². The van der Waals surface area contributed by atoms with Gasteiger partial charge in [-0.15, -0.1) is 0 Å². The first kappa shape index (κ1) is 16.4. The molecule has 106 valence electrons. The third kappa shape index (κ3) is 5.89. The van der Waals surface area contributed by atoms with Gasteiger partial charge in [-0.3, -0.25) is 4.79 Å². The molecule has 0 amide bonds. The van der Waals surface area contributed by atoms with Crippen molar-refractivity contribution in [3.8, 4) is 0 Å². The molecule has 0 saturated carbocycles. The van der Waals surface area contributed by atoms with E-state index >= 15 is 0 Å². The van der Waals surface area contributed by atoms with Crippen LogP contribution in [0.15, 0.2) is 12.1 Å². The van der Waals surface area contributed by atoms with Gasteiger partial charge < -0.3 is 10.1 Å². The van der Waals surface area contributed by atoms with Gasteiger partial charge in [0.2, 0.25) is 0 Å². The van der Waals surface area contributed by atoms with Crippen molar-refractivity contribution in [2.24, 2.45) is 0 Å². The lowest BCUT2D eigenvalue weighted by Crippen LogP contribution is -2.25. The second-order valence-electron chi connectivity index (χ2n) is 5.01. The van der Waals surface area contributed by atoms with E-state index in [1.165, 1.54) is 0 Å². The van der Waals surface area contributed by atoms with Crippen molar-refractivity contribution in [2.75, 3.05) is 11.9 Å². The highest BCUT2D eigenvalue weighted by atomic mass is 35.5. The number of rotatable bonds is 4. The highest BCUT2D eigenvalue weighted by Gasteiger charge is 2.16. The lowest BCUT2D eigenvalue weighted by Gasteiger charge is -2.19. The van der Waals surface area contributed by atoms with E-state index in [1.807, 2.05) is 20.8 Å². The first-order chi connectivity index (χ1) is 8.69. The SMILES string of the molecule is CC(C)(C)OC(=O)CCNc1c(Cl)cc(Cl)cc1Cl. The topological polar surface area (TPSA) is 38.3 Å². The molecule has 0 aliphatic carbocycles. The summed E-state index contributed by atoms with van der Waals surface area (Å²) in [7, 11) is 0. The average molecular weight is 325 g/mol. The molecule has 19 heavy (non-hydrogen) atoms. The lowest BCUT2D eigenvalue weighted by atomic mass is 10.2. The Bertz CT molecular complexity index is 446. The third-order valence-electron chi connectivity index (χ3n) is 2.06.